The highest BCUT2D eigenvalue weighted by Gasteiger charge is 2.40. The maximum Gasteiger partial charge on any atom is 0.313 e. The van der Waals surface area contributed by atoms with Crippen LogP contribution in [0.15, 0.2) is 36.4 Å². The van der Waals surface area contributed by atoms with Gasteiger partial charge in [-0.3, -0.25) is 9.78 Å². The molecule has 1 aliphatic rings. The molecule has 3 rings (SSSR count). The number of aromatic nitrogens is 1. The molecule has 1 N–H and O–H groups in total. The van der Waals surface area contributed by atoms with Crippen LogP contribution in [0, 0.1) is 5.41 Å². The fourth-order valence-electron chi connectivity index (χ4n) is 3.88. The van der Waals surface area contributed by atoms with Crippen molar-refractivity contribution in [2.45, 2.75) is 44.8 Å². The van der Waals surface area contributed by atoms with E-state index in [2.05, 4.69) is 0 Å². The number of fused-ring (bicyclic) bond motifs is 1. The molecule has 0 bridgehead atoms. The average Bonchev–Trinajstić information content (AvgIpc) is 2.79. The molecule has 0 unspecified atom stereocenters. The summed E-state index contributed by atoms with van der Waals surface area (Å²) >= 11 is 0. The highest BCUT2D eigenvalue weighted by atomic mass is 16.7. The van der Waals surface area contributed by atoms with Gasteiger partial charge in [0.15, 0.2) is 0 Å². The molecule has 0 spiro atoms. The van der Waals surface area contributed by atoms with Crippen molar-refractivity contribution in [3.05, 3.63) is 47.7 Å². The van der Waals surface area contributed by atoms with Gasteiger partial charge in [-0.2, -0.15) is 0 Å². The summed E-state index contributed by atoms with van der Waals surface area (Å²) in [6, 6.07) is 9.91. The van der Waals surface area contributed by atoms with Gasteiger partial charge in [-0.1, -0.05) is 30.4 Å². The third-order valence-corrected chi connectivity index (χ3v) is 5.86. The summed E-state index contributed by atoms with van der Waals surface area (Å²) in [6.07, 6.45) is 6.06. The quantitative estimate of drug-likeness (QED) is 0.554. The van der Waals surface area contributed by atoms with Gasteiger partial charge in [-0.25, -0.2) is 0 Å². The number of rotatable bonds is 10. The summed E-state index contributed by atoms with van der Waals surface area (Å²) < 4.78 is 21.1. The Kier molecular flexibility index (Phi) is 8.15. The van der Waals surface area contributed by atoms with Gasteiger partial charge in [0.05, 0.1) is 28.8 Å². The number of carbonyl (C=O) groups is 1. The van der Waals surface area contributed by atoms with Crippen LogP contribution in [-0.2, 0) is 23.7 Å². The number of hydrogen-bond acceptors (Lipinski definition) is 6. The molecule has 1 aliphatic carbocycles. The fourth-order valence-corrected chi connectivity index (χ4v) is 3.88. The highest BCUT2D eigenvalue weighted by Crippen LogP contribution is 2.39. The zero-order chi connectivity index (χ0) is 22.3. The number of hydrogen-bond donors (Lipinski definition) is 1. The summed E-state index contributed by atoms with van der Waals surface area (Å²) in [7, 11) is 3.17. The van der Waals surface area contributed by atoms with Crippen molar-refractivity contribution in [3.8, 4) is 0 Å². The van der Waals surface area contributed by atoms with E-state index >= 15 is 0 Å². The highest BCUT2D eigenvalue weighted by molar-refractivity contribution is 5.83. The number of pyridine rings is 1. The normalized spacial score (nSPS) is 22.7. The van der Waals surface area contributed by atoms with Crippen LogP contribution in [0.25, 0.3) is 17.0 Å². The Morgan fingerprint density at radius 2 is 1.90 bits per heavy atom. The number of methoxy groups -OCH3 is 2. The molecule has 31 heavy (non-hydrogen) atoms. The molecule has 1 saturated carbocycles. The molecule has 1 aromatic heterocycles. The standard InChI is InChI=1S/C24H31NO6/c1-17(30-15-28-2)21-7-6-19-5-4-18(14-22(19)25-21)8-11-24(23(26)27)12-9-20(10-13-24)31-16-29-3/h4-8,11,14,17,20H,9-10,12-13,15-16H2,1-3H3,(H,26,27)/t17-,20?,24?/m1/s1. The van der Waals surface area contributed by atoms with Gasteiger partial charge in [-0.05, 0) is 50.3 Å². The smallest absolute Gasteiger partial charge is 0.313 e. The van der Waals surface area contributed by atoms with Gasteiger partial charge in [0.25, 0.3) is 0 Å². The zero-order valence-electron chi connectivity index (χ0n) is 18.4. The van der Waals surface area contributed by atoms with Crippen molar-refractivity contribution in [3.63, 3.8) is 0 Å². The minimum atomic E-state index is -0.875. The van der Waals surface area contributed by atoms with Crippen LogP contribution in [0.3, 0.4) is 0 Å². The molecule has 0 saturated heterocycles. The Labute approximate surface area is 183 Å². The largest absolute Gasteiger partial charge is 0.481 e. The molecule has 7 nitrogen and oxygen atoms in total. The maximum atomic E-state index is 12.1. The lowest BCUT2D eigenvalue weighted by Gasteiger charge is -2.34. The van der Waals surface area contributed by atoms with E-state index in [1.54, 1.807) is 14.2 Å². The van der Waals surface area contributed by atoms with E-state index in [1.807, 2.05) is 49.4 Å². The second-order valence-electron chi connectivity index (χ2n) is 7.97. The van der Waals surface area contributed by atoms with E-state index in [4.69, 9.17) is 23.9 Å². The summed E-state index contributed by atoms with van der Waals surface area (Å²) in [5.41, 5.74) is 1.70. The molecule has 7 heteroatoms. The molecule has 1 aromatic carbocycles. The van der Waals surface area contributed by atoms with Crippen LogP contribution >= 0.6 is 0 Å². The lowest BCUT2D eigenvalue weighted by Crippen LogP contribution is -2.36. The number of carboxylic acids is 1. The first kappa shape index (κ1) is 23.3. The van der Waals surface area contributed by atoms with E-state index in [0.29, 0.717) is 25.7 Å². The molecule has 0 radical (unpaired) electrons. The maximum absolute atomic E-state index is 12.1. The second-order valence-corrected chi connectivity index (χ2v) is 7.97. The molecular formula is C24H31NO6. The van der Waals surface area contributed by atoms with Crippen LogP contribution in [-0.4, -0.2) is 50.0 Å². The van der Waals surface area contributed by atoms with Crippen molar-refractivity contribution >= 4 is 22.9 Å². The number of aliphatic carboxylic acids is 1. The van der Waals surface area contributed by atoms with Crippen LogP contribution < -0.4 is 0 Å². The summed E-state index contributed by atoms with van der Waals surface area (Å²) in [4.78, 5) is 16.8. The molecule has 1 heterocycles. The van der Waals surface area contributed by atoms with Crippen LogP contribution in [0.2, 0.25) is 0 Å². The summed E-state index contributed by atoms with van der Waals surface area (Å²) in [6.45, 7) is 2.38. The monoisotopic (exact) mass is 429 g/mol. The minimum Gasteiger partial charge on any atom is -0.481 e. The SMILES string of the molecule is COCOC1CCC(C=Cc2ccc3ccc([C@@H](C)OCOC)nc3c2)(C(=O)O)CC1. The molecule has 1 atom stereocenters. The molecule has 0 aliphatic heterocycles. The topological polar surface area (TPSA) is 87.1 Å². The Morgan fingerprint density at radius 1 is 1.19 bits per heavy atom. The van der Waals surface area contributed by atoms with Crippen molar-refractivity contribution in [2.24, 2.45) is 5.41 Å². The Bertz CT molecular complexity index is 904. The molecule has 2 aromatic rings. The Morgan fingerprint density at radius 3 is 2.58 bits per heavy atom. The van der Waals surface area contributed by atoms with Gasteiger partial charge < -0.3 is 24.1 Å². The third kappa shape index (κ3) is 5.89. The van der Waals surface area contributed by atoms with E-state index < -0.39 is 11.4 Å². The van der Waals surface area contributed by atoms with E-state index in [9.17, 15) is 9.90 Å². The second kappa shape index (κ2) is 10.8. The van der Waals surface area contributed by atoms with Gasteiger partial charge >= 0.3 is 5.97 Å². The van der Waals surface area contributed by atoms with Gasteiger partial charge in [-0.15, -0.1) is 0 Å². The molecular weight excluding hydrogens is 398 g/mol. The van der Waals surface area contributed by atoms with Crippen molar-refractivity contribution < 1.29 is 28.8 Å². The average molecular weight is 430 g/mol. The zero-order valence-corrected chi connectivity index (χ0v) is 18.4. The predicted molar refractivity (Wildman–Crippen MR) is 117 cm³/mol. The van der Waals surface area contributed by atoms with Crippen molar-refractivity contribution in [1.29, 1.82) is 0 Å². The number of ether oxygens (including phenoxy) is 4. The van der Waals surface area contributed by atoms with Crippen molar-refractivity contribution in [1.82, 2.24) is 4.98 Å². The Balaban J connectivity index is 1.76. The molecule has 0 amide bonds. The van der Waals surface area contributed by atoms with Crippen LogP contribution in [0.1, 0.15) is 50.0 Å². The Hall–Kier alpha value is -2.32. The van der Waals surface area contributed by atoms with Crippen molar-refractivity contribution in [2.75, 3.05) is 27.8 Å². The molecule has 1 fully saturated rings. The van der Waals surface area contributed by atoms with Gasteiger partial charge in [0.1, 0.15) is 13.6 Å². The van der Waals surface area contributed by atoms with Gasteiger partial charge in [0.2, 0.25) is 0 Å². The predicted octanol–water partition coefficient (Wildman–Crippen LogP) is 4.56. The number of nitrogens with zero attached hydrogens (tertiary/aromatic N) is 1. The third-order valence-electron chi connectivity index (χ3n) is 5.86. The summed E-state index contributed by atoms with van der Waals surface area (Å²) in [5, 5.41) is 10.9. The number of benzene rings is 1. The fraction of sp³-hybridized carbons (Fsp3) is 0.500. The van der Waals surface area contributed by atoms with E-state index in [0.717, 1.165) is 22.2 Å². The first-order valence-electron chi connectivity index (χ1n) is 10.5. The minimum absolute atomic E-state index is 0.0476. The lowest BCUT2D eigenvalue weighted by atomic mass is 9.72. The molecule has 168 valence electrons. The lowest BCUT2D eigenvalue weighted by molar-refractivity contribution is -0.150. The van der Waals surface area contributed by atoms with Crippen LogP contribution in [0.5, 0.6) is 0 Å². The van der Waals surface area contributed by atoms with E-state index in [1.165, 1.54) is 0 Å². The van der Waals surface area contributed by atoms with E-state index in [-0.39, 0.29) is 25.8 Å². The van der Waals surface area contributed by atoms with Crippen LogP contribution in [0.4, 0.5) is 0 Å². The first-order chi connectivity index (χ1) is 15.0. The first-order valence-corrected chi connectivity index (χ1v) is 10.5. The summed E-state index contributed by atoms with van der Waals surface area (Å²) in [5.74, 6) is -0.792. The van der Waals surface area contributed by atoms with Gasteiger partial charge in [0, 0.05) is 19.6 Å². The number of carboxylic acid groups (broad SMARTS) is 1.